The summed E-state index contributed by atoms with van der Waals surface area (Å²) in [5.41, 5.74) is 1.89. The maximum absolute atomic E-state index is 12.5. The van der Waals surface area contributed by atoms with Gasteiger partial charge < -0.3 is 10.0 Å². The van der Waals surface area contributed by atoms with E-state index in [4.69, 9.17) is 5.11 Å². The molecule has 1 saturated heterocycles. The summed E-state index contributed by atoms with van der Waals surface area (Å²) in [5, 5.41) is 8.92. The van der Waals surface area contributed by atoms with Gasteiger partial charge in [-0.05, 0) is 31.4 Å². The van der Waals surface area contributed by atoms with Crippen LogP contribution < -0.4 is 4.90 Å². The zero-order chi connectivity index (χ0) is 14.7. The molecule has 1 heterocycles. The number of carboxylic acid groups (broad SMARTS) is 1. The van der Waals surface area contributed by atoms with E-state index in [1.165, 1.54) is 0 Å². The Morgan fingerprint density at radius 2 is 2.10 bits per heavy atom. The highest BCUT2D eigenvalue weighted by Gasteiger charge is 2.32. The van der Waals surface area contributed by atoms with Gasteiger partial charge in [0.2, 0.25) is 0 Å². The number of carbonyl (C=O) groups excluding carboxylic acids is 1. The molecule has 108 valence electrons. The lowest BCUT2D eigenvalue weighted by Gasteiger charge is -2.29. The van der Waals surface area contributed by atoms with Crippen molar-refractivity contribution in [2.45, 2.75) is 32.2 Å². The molecule has 1 aromatic rings. The number of aliphatic carboxylic acids is 1. The van der Waals surface area contributed by atoms with E-state index in [0.29, 0.717) is 6.54 Å². The Balaban J connectivity index is 2.14. The topological polar surface area (TPSA) is 60.9 Å². The molecule has 5 heteroatoms. The van der Waals surface area contributed by atoms with Crippen molar-refractivity contribution < 1.29 is 14.7 Å². The minimum absolute atomic E-state index is 0.0212. The van der Waals surface area contributed by atoms with Gasteiger partial charge in [-0.3, -0.25) is 9.69 Å². The molecule has 1 unspecified atom stereocenters. The predicted molar refractivity (Wildman–Crippen MR) is 77.0 cm³/mol. The molecule has 20 heavy (non-hydrogen) atoms. The molecule has 2 amide bonds. The van der Waals surface area contributed by atoms with Crippen LogP contribution in [0, 0.1) is 6.92 Å². The number of carbonyl (C=O) groups is 2. The molecule has 0 bridgehead atoms. The third kappa shape index (κ3) is 2.92. The summed E-state index contributed by atoms with van der Waals surface area (Å²) >= 11 is 0. The van der Waals surface area contributed by atoms with Gasteiger partial charge >= 0.3 is 12.0 Å². The summed E-state index contributed by atoms with van der Waals surface area (Å²) in [6.45, 7) is 2.59. The van der Waals surface area contributed by atoms with Gasteiger partial charge in [-0.15, -0.1) is 0 Å². The van der Waals surface area contributed by atoms with E-state index >= 15 is 0 Å². The largest absolute Gasteiger partial charge is 0.481 e. The van der Waals surface area contributed by atoms with Crippen molar-refractivity contribution in [3.63, 3.8) is 0 Å². The number of urea groups is 1. The van der Waals surface area contributed by atoms with Crippen molar-refractivity contribution in [2.75, 3.05) is 18.5 Å². The van der Waals surface area contributed by atoms with Crippen molar-refractivity contribution in [3.05, 3.63) is 29.8 Å². The summed E-state index contributed by atoms with van der Waals surface area (Å²) < 4.78 is 0. The van der Waals surface area contributed by atoms with E-state index < -0.39 is 5.97 Å². The zero-order valence-corrected chi connectivity index (χ0v) is 11.9. The van der Waals surface area contributed by atoms with Gasteiger partial charge in [-0.2, -0.15) is 0 Å². The number of amides is 2. The number of benzene rings is 1. The zero-order valence-electron chi connectivity index (χ0n) is 11.9. The highest BCUT2D eigenvalue weighted by Crippen LogP contribution is 2.25. The second-order valence-electron chi connectivity index (χ2n) is 5.22. The van der Waals surface area contributed by atoms with Crippen LogP contribution in [0.4, 0.5) is 10.5 Å². The molecular formula is C15H20N2O3. The number of rotatable bonds is 3. The fourth-order valence-corrected chi connectivity index (χ4v) is 2.74. The average Bonchev–Trinajstić information content (AvgIpc) is 2.85. The van der Waals surface area contributed by atoms with Gasteiger partial charge in [0, 0.05) is 25.3 Å². The molecule has 1 aliphatic heterocycles. The van der Waals surface area contributed by atoms with Gasteiger partial charge in [-0.1, -0.05) is 18.2 Å². The number of hydrogen-bond donors (Lipinski definition) is 1. The van der Waals surface area contributed by atoms with Crippen molar-refractivity contribution >= 4 is 17.7 Å². The average molecular weight is 276 g/mol. The highest BCUT2D eigenvalue weighted by molar-refractivity contribution is 5.92. The molecule has 0 aliphatic carbocycles. The Kier molecular flexibility index (Phi) is 4.27. The monoisotopic (exact) mass is 276 g/mol. The van der Waals surface area contributed by atoms with Gasteiger partial charge in [0.15, 0.2) is 0 Å². The van der Waals surface area contributed by atoms with Crippen LogP contribution in [0.2, 0.25) is 0 Å². The van der Waals surface area contributed by atoms with Gasteiger partial charge in [0.1, 0.15) is 0 Å². The van der Waals surface area contributed by atoms with Crippen molar-refractivity contribution in [3.8, 4) is 0 Å². The van der Waals surface area contributed by atoms with E-state index in [1.54, 1.807) is 16.8 Å². The van der Waals surface area contributed by atoms with Crippen LogP contribution in [-0.4, -0.2) is 41.6 Å². The van der Waals surface area contributed by atoms with Crippen LogP contribution in [-0.2, 0) is 4.79 Å². The Morgan fingerprint density at radius 3 is 2.75 bits per heavy atom. The fraction of sp³-hybridized carbons (Fsp3) is 0.467. The summed E-state index contributed by atoms with van der Waals surface area (Å²) in [4.78, 5) is 26.7. The molecule has 0 aromatic heterocycles. The van der Waals surface area contributed by atoms with E-state index in [2.05, 4.69) is 0 Å². The molecule has 5 nitrogen and oxygen atoms in total. The minimum atomic E-state index is -0.853. The molecule has 0 saturated carbocycles. The third-order valence-electron chi connectivity index (χ3n) is 3.80. The molecule has 2 rings (SSSR count). The van der Waals surface area contributed by atoms with Crippen LogP contribution in [0.15, 0.2) is 24.3 Å². The van der Waals surface area contributed by atoms with E-state index in [1.807, 2.05) is 31.2 Å². The number of likely N-dealkylation sites (tertiary alicyclic amines) is 1. The first-order valence-electron chi connectivity index (χ1n) is 6.82. The molecule has 1 fully saturated rings. The smallest absolute Gasteiger partial charge is 0.324 e. The van der Waals surface area contributed by atoms with Crippen LogP contribution >= 0.6 is 0 Å². The number of hydrogen-bond acceptors (Lipinski definition) is 2. The number of carboxylic acids is 1. The summed E-state index contributed by atoms with van der Waals surface area (Å²) in [7, 11) is 1.74. The first-order valence-corrected chi connectivity index (χ1v) is 6.82. The molecule has 0 radical (unpaired) electrons. The van der Waals surface area contributed by atoms with E-state index in [-0.39, 0.29) is 18.5 Å². The fourth-order valence-electron chi connectivity index (χ4n) is 2.74. The van der Waals surface area contributed by atoms with Crippen molar-refractivity contribution in [2.24, 2.45) is 0 Å². The molecule has 1 atom stereocenters. The lowest BCUT2D eigenvalue weighted by molar-refractivity contribution is -0.137. The lowest BCUT2D eigenvalue weighted by atomic mass is 10.1. The number of nitrogens with zero attached hydrogens (tertiary/aromatic N) is 2. The second-order valence-corrected chi connectivity index (χ2v) is 5.22. The molecule has 1 N–H and O–H groups in total. The number of aryl methyl sites for hydroxylation is 1. The SMILES string of the molecule is Cc1ccccc1N(C)C(=O)N1CCCC1CC(=O)O. The molecular weight excluding hydrogens is 256 g/mol. The quantitative estimate of drug-likeness (QED) is 0.922. The Morgan fingerprint density at radius 1 is 1.40 bits per heavy atom. The Hall–Kier alpha value is -2.04. The molecule has 1 aromatic carbocycles. The Labute approximate surface area is 118 Å². The number of anilines is 1. The summed E-state index contributed by atoms with van der Waals surface area (Å²) in [6, 6.07) is 7.37. The molecule has 1 aliphatic rings. The summed E-state index contributed by atoms with van der Waals surface area (Å²) in [5.74, 6) is -0.853. The van der Waals surface area contributed by atoms with Crippen molar-refractivity contribution in [1.82, 2.24) is 4.90 Å². The minimum Gasteiger partial charge on any atom is -0.481 e. The van der Waals surface area contributed by atoms with E-state index in [9.17, 15) is 9.59 Å². The first-order chi connectivity index (χ1) is 9.50. The Bertz CT molecular complexity index is 516. The lowest BCUT2D eigenvalue weighted by Crippen LogP contribution is -2.44. The third-order valence-corrected chi connectivity index (χ3v) is 3.80. The maximum Gasteiger partial charge on any atom is 0.324 e. The first kappa shape index (κ1) is 14.4. The highest BCUT2D eigenvalue weighted by atomic mass is 16.4. The normalized spacial score (nSPS) is 18.1. The van der Waals surface area contributed by atoms with Gasteiger partial charge in [0.05, 0.1) is 6.42 Å². The summed E-state index contributed by atoms with van der Waals surface area (Å²) in [6.07, 6.45) is 1.65. The van der Waals surface area contributed by atoms with Gasteiger partial charge in [-0.25, -0.2) is 4.79 Å². The standard InChI is InChI=1S/C15H20N2O3/c1-11-6-3-4-8-13(11)16(2)15(20)17-9-5-7-12(17)10-14(18)19/h3-4,6,8,12H,5,7,9-10H2,1-2H3,(H,18,19). The predicted octanol–water partition coefficient (Wildman–Crippen LogP) is 2.49. The van der Waals surface area contributed by atoms with Crippen molar-refractivity contribution in [1.29, 1.82) is 0 Å². The van der Waals surface area contributed by atoms with Crippen LogP contribution in [0.3, 0.4) is 0 Å². The van der Waals surface area contributed by atoms with Gasteiger partial charge in [0.25, 0.3) is 0 Å². The second kappa shape index (κ2) is 5.94. The number of para-hydroxylation sites is 1. The molecule has 0 spiro atoms. The maximum atomic E-state index is 12.5. The van der Waals surface area contributed by atoms with Crippen LogP contribution in [0.25, 0.3) is 0 Å². The van der Waals surface area contributed by atoms with Crippen LogP contribution in [0.1, 0.15) is 24.8 Å². The van der Waals surface area contributed by atoms with E-state index in [0.717, 1.165) is 24.1 Å². The van der Waals surface area contributed by atoms with Crippen LogP contribution in [0.5, 0.6) is 0 Å².